The van der Waals surface area contributed by atoms with Gasteiger partial charge in [-0.1, -0.05) is 47.5 Å². The molecule has 0 saturated carbocycles. The summed E-state index contributed by atoms with van der Waals surface area (Å²) in [6.45, 7) is 10.9. The SMILES string of the molecule is Cc1cc(C)c(S(=O)(=O)c2cccc(NC(=O)Nc3cccc(S(=O)(=O)c4c(C)cc(C)cc4C)c3)c2)c(C)c1. The molecule has 4 rings (SSSR count). The Morgan fingerprint density at radius 2 is 0.850 bits per heavy atom. The maximum absolute atomic E-state index is 13.4. The highest BCUT2D eigenvalue weighted by atomic mass is 32.2. The zero-order valence-corrected chi connectivity index (χ0v) is 24.9. The number of amides is 2. The Morgan fingerprint density at radius 3 is 1.18 bits per heavy atom. The van der Waals surface area contributed by atoms with Crippen LogP contribution in [0.3, 0.4) is 0 Å². The number of carbonyl (C=O) groups excluding carboxylic acids is 1. The van der Waals surface area contributed by atoms with Crippen molar-refractivity contribution in [3.63, 3.8) is 0 Å². The number of aryl methyl sites for hydroxylation is 6. The Hall–Kier alpha value is -3.95. The van der Waals surface area contributed by atoms with Crippen LogP contribution in [0.2, 0.25) is 0 Å². The zero-order chi connectivity index (χ0) is 29.4. The van der Waals surface area contributed by atoms with Gasteiger partial charge in [0.2, 0.25) is 19.7 Å². The van der Waals surface area contributed by atoms with Crippen LogP contribution in [0.1, 0.15) is 33.4 Å². The van der Waals surface area contributed by atoms with E-state index in [1.807, 2.05) is 38.1 Å². The van der Waals surface area contributed by atoms with E-state index in [2.05, 4.69) is 10.6 Å². The van der Waals surface area contributed by atoms with Gasteiger partial charge >= 0.3 is 6.03 Å². The molecule has 0 aliphatic heterocycles. The number of benzene rings is 4. The first-order valence-corrected chi connectivity index (χ1v) is 15.6. The molecule has 9 heteroatoms. The lowest BCUT2D eigenvalue weighted by atomic mass is 10.1. The molecule has 0 unspecified atom stereocenters. The van der Waals surface area contributed by atoms with Gasteiger partial charge in [-0.25, -0.2) is 21.6 Å². The molecule has 40 heavy (non-hydrogen) atoms. The summed E-state index contributed by atoms with van der Waals surface area (Å²) < 4.78 is 53.8. The number of anilines is 2. The van der Waals surface area contributed by atoms with E-state index >= 15 is 0 Å². The first-order valence-electron chi connectivity index (χ1n) is 12.6. The molecule has 0 fully saturated rings. The van der Waals surface area contributed by atoms with Gasteiger partial charge < -0.3 is 10.6 Å². The molecule has 7 nitrogen and oxygen atoms in total. The van der Waals surface area contributed by atoms with Crippen LogP contribution in [-0.4, -0.2) is 22.9 Å². The van der Waals surface area contributed by atoms with Crippen LogP contribution in [0.4, 0.5) is 16.2 Å². The van der Waals surface area contributed by atoms with E-state index < -0.39 is 25.7 Å². The van der Waals surface area contributed by atoms with E-state index in [9.17, 15) is 21.6 Å². The van der Waals surface area contributed by atoms with Gasteiger partial charge in [0.25, 0.3) is 0 Å². The summed E-state index contributed by atoms with van der Waals surface area (Å²) in [6.07, 6.45) is 0. The molecule has 0 radical (unpaired) electrons. The summed E-state index contributed by atoms with van der Waals surface area (Å²) in [5.74, 6) is 0. The second-order valence-corrected chi connectivity index (χ2v) is 13.9. The minimum atomic E-state index is -3.83. The molecule has 0 atom stereocenters. The number of nitrogens with one attached hydrogen (secondary N) is 2. The van der Waals surface area contributed by atoms with Crippen molar-refractivity contribution in [3.05, 3.63) is 106 Å². The van der Waals surface area contributed by atoms with Gasteiger partial charge in [0.05, 0.1) is 19.6 Å². The van der Waals surface area contributed by atoms with E-state index in [0.717, 1.165) is 11.1 Å². The van der Waals surface area contributed by atoms with Crippen LogP contribution in [0.15, 0.2) is 92.4 Å². The fourth-order valence-corrected chi connectivity index (χ4v) is 8.67. The second-order valence-electron chi connectivity index (χ2n) is 10.1. The van der Waals surface area contributed by atoms with Gasteiger partial charge in [0.15, 0.2) is 0 Å². The monoisotopic (exact) mass is 576 g/mol. The molecule has 4 aromatic rings. The average molecular weight is 577 g/mol. The molecule has 0 bridgehead atoms. The normalized spacial score (nSPS) is 11.8. The predicted molar refractivity (Wildman–Crippen MR) is 158 cm³/mol. The van der Waals surface area contributed by atoms with Crippen molar-refractivity contribution in [2.45, 2.75) is 61.1 Å². The van der Waals surface area contributed by atoms with Crippen molar-refractivity contribution in [3.8, 4) is 0 Å². The molecule has 208 valence electrons. The molecule has 2 amide bonds. The molecule has 0 aromatic heterocycles. The van der Waals surface area contributed by atoms with Crippen LogP contribution >= 0.6 is 0 Å². The van der Waals surface area contributed by atoms with E-state index in [4.69, 9.17) is 0 Å². The summed E-state index contributed by atoms with van der Waals surface area (Å²) in [7, 11) is -7.66. The van der Waals surface area contributed by atoms with Crippen LogP contribution < -0.4 is 10.6 Å². The number of hydrogen-bond donors (Lipinski definition) is 2. The smallest absolute Gasteiger partial charge is 0.308 e. The second kappa shape index (κ2) is 10.9. The third kappa shape index (κ3) is 5.80. The third-order valence-corrected chi connectivity index (χ3v) is 10.7. The maximum Gasteiger partial charge on any atom is 0.323 e. The van der Waals surface area contributed by atoms with Gasteiger partial charge in [0, 0.05) is 11.4 Å². The van der Waals surface area contributed by atoms with Crippen molar-refractivity contribution >= 4 is 37.1 Å². The van der Waals surface area contributed by atoms with Crippen LogP contribution in [0, 0.1) is 41.5 Å². The molecule has 0 saturated heterocycles. The fraction of sp³-hybridized carbons (Fsp3) is 0.194. The van der Waals surface area contributed by atoms with E-state index in [0.29, 0.717) is 22.3 Å². The van der Waals surface area contributed by atoms with Crippen LogP contribution in [0.5, 0.6) is 0 Å². The van der Waals surface area contributed by atoms with Gasteiger partial charge in [-0.3, -0.25) is 0 Å². The lowest BCUT2D eigenvalue weighted by Crippen LogP contribution is -2.20. The molecule has 0 aliphatic rings. The molecule has 2 N–H and O–H groups in total. The van der Waals surface area contributed by atoms with E-state index in [1.54, 1.807) is 52.0 Å². The minimum Gasteiger partial charge on any atom is -0.308 e. The maximum atomic E-state index is 13.4. The van der Waals surface area contributed by atoms with Crippen LogP contribution in [-0.2, 0) is 19.7 Å². The van der Waals surface area contributed by atoms with E-state index in [-0.39, 0.29) is 31.0 Å². The Balaban J connectivity index is 1.57. The summed E-state index contributed by atoms with van der Waals surface area (Å²) in [4.78, 5) is 13.4. The van der Waals surface area contributed by atoms with Crippen molar-refractivity contribution in [2.24, 2.45) is 0 Å². The number of carbonyl (C=O) groups is 1. The number of rotatable bonds is 6. The minimum absolute atomic E-state index is 0.0530. The van der Waals surface area contributed by atoms with Gasteiger partial charge in [0.1, 0.15) is 0 Å². The molecular formula is C31H32N2O5S2. The summed E-state index contributed by atoms with van der Waals surface area (Å²) in [5, 5.41) is 5.29. The summed E-state index contributed by atoms with van der Waals surface area (Å²) >= 11 is 0. The van der Waals surface area contributed by atoms with Gasteiger partial charge in [-0.2, -0.15) is 0 Å². The van der Waals surface area contributed by atoms with E-state index in [1.165, 1.54) is 24.3 Å². The molecule has 4 aromatic carbocycles. The van der Waals surface area contributed by atoms with Gasteiger partial charge in [-0.05, 0) is 100 Å². The first kappa shape index (κ1) is 29.0. The average Bonchev–Trinajstić information content (AvgIpc) is 2.82. The number of hydrogen-bond acceptors (Lipinski definition) is 5. The molecular weight excluding hydrogens is 544 g/mol. The number of urea groups is 1. The first-order chi connectivity index (χ1) is 18.7. The van der Waals surface area contributed by atoms with Gasteiger partial charge in [-0.15, -0.1) is 0 Å². The Kier molecular flexibility index (Phi) is 7.92. The molecule has 0 heterocycles. The largest absolute Gasteiger partial charge is 0.323 e. The highest BCUT2D eigenvalue weighted by Gasteiger charge is 2.24. The van der Waals surface area contributed by atoms with Crippen LogP contribution in [0.25, 0.3) is 0 Å². The summed E-state index contributed by atoms with van der Waals surface area (Å²) in [6, 6.07) is 18.7. The predicted octanol–water partition coefficient (Wildman–Crippen LogP) is 6.85. The summed E-state index contributed by atoms with van der Waals surface area (Å²) in [5.41, 5.74) is 5.10. The Bertz CT molecular complexity index is 1680. The lowest BCUT2D eigenvalue weighted by Gasteiger charge is -2.14. The number of sulfone groups is 2. The third-order valence-electron chi connectivity index (χ3n) is 6.55. The lowest BCUT2D eigenvalue weighted by molar-refractivity contribution is 0.262. The van der Waals surface area contributed by atoms with Crippen molar-refractivity contribution in [2.75, 3.05) is 10.6 Å². The molecule has 0 aliphatic carbocycles. The molecule has 0 spiro atoms. The Labute approximate surface area is 236 Å². The fourth-order valence-electron chi connectivity index (χ4n) is 5.19. The quantitative estimate of drug-likeness (QED) is 0.261. The highest BCUT2D eigenvalue weighted by Crippen LogP contribution is 2.31. The topological polar surface area (TPSA) is 109 Å². The Morgan fingerprint density at radius 1 is 0.525 bits per heavy atom. The standard InChI is InChI=1S/C31H32N2O5S2/c1-19-13-21(3)29(22(4)14-19)39(35,36)27-11-7-9-25(17-27)32-31(34)33-26-10-8-12-28(18-26)40(37,38)30-23(5)15-20(2)16-24(30)6/h7-18H,1-6H3,(H2,32,33,34). The highest BCUT2D eigenvalue weighted by molar-refractivity contribution is 7.92. The zero-order valence-electron chi connectivity index (χ0n) is 23.3. The van der Waals surface area contributed by atoms with Crippen molar-refractivity contribution in [1.82, 2.24) is 0 Å². The van der Waals surface area contributed by atoms with Crippen molar-refractivity contribution < 1.29 is 21.6 Å². The van der Waals surface area contributed by atoms with Crippen molar-refractivity contribution in [1.29, 1.82) is 0 Å².